The van der Waals surface area contributed by atoms with Crippen LogP contribution in [0.15, 0.2) is 60.8 Å². The molecule has 0 radical (unpaired) electrons. The van der Waals surface area contributed by atoms with Gasteiger partial charge in [-0.3, -0.25) is 14.8 Å². The molecule has 7 nitrogen and oxygen atoms in total. The molecule has 0 aliphatic rings. The van der Waals surface area contributed by atoms with Crippen molar-refractivity contribution in [3.63, 3.8) is 0 Å². The van der Waals surface area contributed by atoms with E-state index in [2.05, 4.69) is 33.9 Å². The number of nitrogens with one attached hydrogen (secondary N) is 1. The normalized spacial score (nSPS) is 12.1. The number of amides is 2. The molecule has 2 aromatic carbocycles. The number of carbonyl (C=O) groups is 2. The van der Waals surface area contributed by atoms with Gasteiger partial charge in [-0.2, -0.15) is 0 Å². The fraction of sp³-hybridized carbons (Fsp3) is 0.360. The number of hydroxylamine groups is 1. The average molecular weight is 468 g/mol. The van der Waals surface area contributed by atoms with Crippen LogP contribution in [-0.4, -0.2) is 43.1 Å². The van der Waals surface area contributed by atoms with E-state index < -0.39 is 14.2 Å². The Morgan fingerprint density at radius 2 is 1.76 bits per heavy atom. The maximum Gasteiger partial charge on any atom is 0.275 e. The van der Waals surface area contributed by atoms with E-state index in [9.17, 15) is 9.59 Å². The lowest BCUT2D eigenvalue weighted by atomic mass is 10.1. The minimum absolute atomic E-state index is 0.0745. The third-order valence-corrected chi connectivity index (χ3v) is 11.0. The molecule has 0 saturated heterocycles. The van der Waals surface area contributed by atoms with E-state index in [4.69, 9.17) is 9.63 Å². The van der Waals surface area contributed by atoms with Gasteiger partial charge >= 0.3 is 0 Å². The molecule has 0 unspecified atom stereocenters. The number of aromatic nitrogens is 1. The van der Waals surface area contributed by atoms with E-state index in [1.54, 1.807) is 34.8 Å². The van der Waals surface area contributed by atoms with E-state index in [0.29, 0.717) is 24.1 Å². The van der Waals surface area contributed by atoms with Crippen molar-refractivity contribution in [1.82, 2.24) is 10.0 Å². The predicted octanol–water partition coefficient (Wildman–Crippen LogP) is 4.82. The van der Waals surface area contributed by atoms with Crippen LogP contribution in [0.2, 0.25) is 18.1 Å². The van der Waals surface area contributed by atoms with Crippen molar-refractivity contribution in [1.29, 1.82) is 0 Å². The Bertz CT molecular complexity index is 1120. The summed E-state index contributed by atoms with van der Waals surface area (Å²) in [5.41, 5.74) is 3.59. The Hall–Kier alpha value is -2.94. The highest BCUT2D eigenvalue weighted by Gasteiger charge is 2.37. The summed E-state index contributed by atoms with van der Waals surface area (Å²) in [5, 5.41) is 9.78. The van der Waals surface area contributed by atoms with Gasteiger partial charge in [0, 0.05) is 29.3 Å². The van der Waals surface area contributed by atoms with Crippen LogP contribution in [0.3, 0.4) is 0 Å². The molecule has 0 saturated carbocycles. The molecule has 8 heteroatoms. The standard InChI is InChI=1S/C25H33N3O4Si/c1-25(2,3)33(4,5)32-17-16-28(19-10-7-6-8-11-19)23(29)18-27-15-14-20-21(24(30)26-31)12-9-13-22(20)27/h6-15,31H,16-18H2,1-5H3,(H,26,30). The van der Waals surface area contributed by atoms with Crippen molar-refractivity contribution in [2.24, 2.45) is 0 Å². The van der Waals surface area contributed by atoms with Crippen molar-refractivity contribution < 1.29 is 19.2 Å². The second-order valence-corrected chi connectivity index (χ2v) is 14.4. The molecule has 1 aromatic heterocycles. The maximum atomic E-state index is 13.4. The molecular formula is C25H33N3O4Si. The Balaban J connectivity index is 1.82. The summed E-state index contributed by atoms with van der Waals surface area (Å²) in [6, 6.07) is 16.6. The van der Waals surface area contributed by atoms with Crippen molar-refractivity contribution in [2.45, 2.75) is 45.4 Å². The van der Waals surface area contributed by atoms with Crippen LogP contribution in [0, 0.1) is 0 Å². The zero-order chi connectivity index (χ0) is 24.2. The minimum atomic E-state index is -1.93. The highest BCUT2D eigenvalue weighted by Crippen LogP contribution is 2.36. The monoisotopic (exact) mass is 467 g/mol. The summed E-state index contributed by atoms with van der Waals surface area (Å²) in [5.74, 6) is -0.659. The van der Waals surface area contributed by atoms with Gasteiger partial charge in [-0.15, -0.1) is 0 Å². The number of rotatable bonds is 8. The average Bonchev–Trinajstić information content (AvgIpc) is 3.18. The van der Waals surface area contributed by atoms with E-state index in [-0.39, 0.29) is 17.5 Å². The number of hydrogen-bond acceptors (Lipinski definition) is 4. The first-order valence-corrected chi connectivity index (χ1v) is 14.0. The second-order valence-electron chi connectivity index (χ2n) is 9.61. The van der Waals surface area contributed by atoms with Crippen LogP contribution in [0.5, 0.6) is 0 Å². The zero-order valence-electron chi connectivity index (χ0n) is 20.0. The third-order valence-electron chi connectivity index (χ3n) is 6.42. The Labute approximate surface area is 196 Å². The van der Waals surface area contributed by atoms with Crippen LogP contribution < -0.4 is 10.4 Å². The first-order valence-electron chi connectivity index (χ1n) is 11.1. The second kappa shape index (κ2) is 9.90. The summed E-state index contributed by atoms with van der Waals surface area (Å²) in [6.45, 7) is 12.0. The van der Waals surface area contributed by atoms with Gasteiger partial charge in [-0.05, 0) is 48.5 Å². The number of anilines is 1. The molecule has 2 N–H and O–H groups in total. The summed E-state index contributed by atoms with van der Waals surface area (Å²) >= 11 is 0. The van der Waals surface area contributed by atoms with Crippen LogP contribution in [0.25, 0.3) is 10.9 Å². The number of carbonyl (C=O) groups excluding carboxylic acids is 2. The fourth-order valence-electron chi connectivity index (χ4n) is 3.46. The first-order chi connectivity index (χ1) is 15.5. The summed E-state index contributed by atoms with van der Waals surface area (Å²) in [6.07, 6.45) is 1.78. The highest BCUT2D eigenvalue weighted by atomic mass is 28.4. The molecule has 0 spiro atoms. The number of nitrogens with zero attached hydrogens (tertiary/aromatic N) is 2. The van der Waals surface area contributed by atoms with Gasteiger partial charge in [0.2, 0.25) is 5.91 Å². The largest absolute Gasteiger partial charge is 0.415 e. The van der Waals surface area contributed by atoms with Gasteiger partial charge in [-0.1, -0.05) is 45.0 Å². The van der Waals surface area contributed by atoms with Crippen molar-refractivity contribution in [3.8, 4) is 0 Å². The Kier molecular flexibility index (Phi) is 7.41. The number of para-hydroxylation sites is 1. The minimum Gasteiger partial charge on any atom is -0.415 e. The van der Waals surface area contributed by atoms with Gasteiger partial charge in [0.05, 0.1) is 12.2 Å². The van der Waals surface area contributed by atoms with E-state index in [0.717, 1.165) is 11.2 Å². The number of fused-ring (bicyclic) bond motifs is 1. The van der Waals surface area contributed by atoms with E-state index in [1.165, 1.54) is 0 Å². The van der Waals surface area contributed by atoms with E-state index in [1.807, 2.05) is 41.0 Å². The van der Waals surface area contributed by atoms with E-state index >= 15 is 0 Å². The molecule has 0 aliphatic heterocycles. The van der Waals surface area contributed by atoms with Gasteiger partial charge in [0.1, 0.15) is 6.54 Å². The Morgan fingerprint density at radius 3 is 2.39 bits per heavy atom. The van der Waals surface area contributed by atoms with Crippen molar-refractivity contribution in [2.75, 3.05) is 18.1 Å². The van der Waals surface area contributed by atoms with Crippen LogP contribution in [-0.2, 0) is 15.8 Å². The van der Waals surface area contributed by atoms with Gasteiger partial charge in [0.25, 0.3) is 5.91 Å². The number of benzene rings is 2. The van der Waals surface area contributed by atoms with Crippen LogP contribution in [0.1, 0.15) is 31.1 Å². The molecule has 0 bridgehead atoms. The lowest BCUT2D eigenvalue weighted by molar-refractivity contribution is -0.119. The Morgan fingerprint density at radius 1 is 1.06 bits per heavy atom. The molecule has 1 heterocycles. The van der Waals surface area contributed by atoms with Gasteiger partial charge in [-0.25, -0.2) is 5.48 Å². The molecular weight excluding hydrogens is 434 g/mol. The SMILES string of the molecule is CC(C)(C)[Si](C)(C)OCCN(C(=O)Cn1ccc2c(C(=O)NO)cccc21)c1ccccc1. The van der Waals surface area contributed by atoms with Crippen LogP contribution in [0.4, 0.5) is 5.69 Å². The lowest BCUT2D eigenvalue weighted by Gasteiger charge is -2.37. The highest BCUT2D eigenvalue weighted by molar-refractivity contribution is 6.74. The quantitative estimate of drug-likeness (QED) is 0.283. The first kappa shape index (κ1) is 24.7. The molecule has 176 valence electrons. The topological polar surface area (TPSA) is 83.8 Å². The summed E-state index contributed by atoms with van der Waals surface area (Å²) in [7, 11) is -1.93. The molecule has 2 amide bonds. The fourth-order valence-corrected chi connectivity index (χ4v) is 4.50. The summed E-state index contributed by atoms with van der Waals surface area (Å²) in [4.78, 5) is 27.1. The summed E-state index contributed by atoms with van der Waals surface area (Å²) < 4.78 is 8.14. The molecule has 0 atom stereocenters. The zero-order valence-corrected chi connectivity index (χ0v) is 21.0. The van der Waals surface area contributed by atoms with Gasteiger partial charge < -0.3 is 13.9 Å². The van der Waals surface area contributed by atoms with Crippen molar-refractivity contribution >= 4 is 36.7 Å². The molecule has 3 rings (SSSR count). The third kappa shape index (κ3) is 5.52. The smallest absolute Gasteiger partial charge is 0.275 e. The lowest BCUT2D eigenvalue weighted by Crippen LogP contribution is -2.44. The number of hydrogen-bond donors (Lipinski definition) is 2. The maximum absolute atomic E-state index is 13.4. The van der Waals surface area contributed by atoms with Gasteiger partial charge in [0.15, 0.2) is 8.32 Å². The molecule has 0 fully saturated rings. The molecule has 0 aliphatic carbocycles. The predicted molar refractivity (Wildman–Crippen MR) is 133 cm³/mol. The van der Waals surface area contributed by atoms with Crippen LogP contribution >= 0.6 is 0 Å². The molecule has 3 aromatic rings. The molecule has 33 heavy (non-hydrogen) atoms. The van der Waals surface area contributed by atoms with Crippen molar-refractivity contribution in [3.05, 3.63) is 66.4 Å².